The highest BCUT2D eigenvalue weighted by atomic mass is 32.1. The summed E-state index contributed by atoms with van der Waals surface area (Å²) in [5.41, 5.74) is -0.140. The van der Waals surface area contributed by atoms with Crippen molar-refractivity contribution in [1.29, 1.82) is 0 Å². The van der Waals surface area contributed by atoms with E-state index in [4.69, 9.17) is 5.11 Å². The van der Waals surface area contributed by atoms with Crippen molar-refractivity contribution in [3.63, 3.8) is 0 Å². The molecule has 0 saturated carbocycles. The van der Waals surface area contributed by atoms with Gasteiger partial charge in [0.1, 0.15) is 0 Å². The molecule has 0 saturated heterocycles. The molecule has 2 rings (SSSR count). The highest BCUT2D eigenvalue weighted by Crippen LogP contribution is 2.21. The predicted octanol–water partition coefficient (Wildman–Crippen LogP) is 2.00. The van der Waals surface area contributed by atoms with Crippen LogP contribution in [0.3, 0.4) is 0 Å². The van der Waals surface area contributed by atoms with Gasteiger partial charge in [-0.3, -0.25) is 4.79 Å². The van der Waals surface area contributed by atoms with Crippen molar-refractivity contribution in [3.8, 4) is 0 Å². The van der Waals surface area contributed by atoms with Gasteiger partial charge in [0.05, 0.1) is 22.7 Å². The molecule has 2 aromatic rings. The van der Waals surface area contributed by atoms with Crippen LogP contribution in [0.15, 0.2) is 12.4 Å². The fraction of sp³-hybridized carbons (Fsp3) is 0.538. The average Bonchev–Trinajstić information content (AvgIpc) is 2.98. The third-order valence-electron chi connectivity index (χ3n) is 3.01. The zero-order chi connectivity index (χ0) is 14.8. The van der Waals surface area contributed by atoms with Crippen molar-refractivity contribution in [2.45, 2.75) is 40.2 Å². The molecule has 0 aromatic carbocycles. The van der Waals surface area contributed by atoms with Gasteiger partial charge in [-0.25, -0.2) is 9.67 Å². The number of rotatable bonds is 6. The Morgan fingerprint density at radius 2 is 2.25 bits per heavy atom. The first-order valence-corrected chi connectivity index (χ1v) is 7.28. The quantitative estimate of drug-likeness (QED) is 0.881. The van der Waals surface area contributed by atoms with E-state index < -0.39 is 11.4 Å². The number of carboxylic acid groups (broad SMARTS) is 1. The zero-order valence-electron chi connectivity index (χ0n) is 11.8. The first-order chi connectivity index (χ1) is 9.40. The van der Waals surface area contributed by atoms with Crippen molar-refractivity contribution in [1.82, 2.24) is 20.0 Å². The molecule has 0 unspecified atom stereocenters. The molecule has 20 heavy (non-hydrogen) atoms. The fourth-order valence-corrected chi connectivity index (χ4v) is 2.62. The number of aliphatic carboxylic acids is 1. The van der Waals surface area contributed by atoms with Gasteiger partial charge in [0.15, 0.2) is 0 Å². The lowest BCUT2D eigenvalue weighted by atomic mass is 9.88. The molecule has 0 aliphatic heterocycles. The molecule has 2 aromatic heterocycles. The third-order valence-corrected chi connectivity index (χ3v) is 4.14. The molecular formula is C13H18N4O2S. The lowest BCUT2D eigenvalue weighted by Gasteiger charge is -2.16. The van der Waals surface area contributed by atoms with Gasteiger partial charge in [-0.1, -0.05) is 12.1 Å². The van der Waals surface area contributed by atoms with Crippen LogP contribution >= 0.6 is 11.3 Å². The number of thiazole rings is 1. The Bertz CT molecular complexity index is 603. The predicted molar refractivity (Wildman–Crippen MR) is 75.7 cm³/mol. The van der Waals surface area contributed by atoms with E-state index >= 15 is 0 Å². The number of carboxylic acids is 1. The summed E-state index contributed by atoms with van der Waals surface area (Å²) >= 11 is 1.66. The van der Waals surface area contributed by atoms with Gasteiger partial charge < -0.3 is 5.11 Å². The molecule has 0 spiro atoms. The molecular weight excluding hydrogens is 276 g/mol. The first-order valence-electron chi connectivity index (χ1n) is 6.46. The van der Waals surface area contributed by atoms with Crippen LogP contribution in [0.2, 0.25) is 0 Å². The van der Waals surface area contributed by atoms with E-state index in [1.54, 1.807) is 36.1 Å². The summed E-state index contributed by atoms with van der Waals surface area (Å²) in [4.78, 5) is 16.5. The van der Waals surface area contributed by atoms with E-state index in [2.05, 4.69) is 22.2 Å². The highest BCUT2D eigenvalue weighted by molar-refractivity contribution is 7.11. The summed E-state index contributed by atoms with van der Waals surface area (Å²) in [6, 6.07) is 0. The maximum atomic E-state index is 11.1. The normalized spacial score (nSPS) is 11.8. The minimum Gasteiger partial charge on any atom is -0.481 e. The number of hydrogen-bond acceptors (Lipinski definition) is 5. The molecule has 0 amide bonds. The second-order valence-electron chi connectivity index (χ2n) is 5.35. The molecule has 108 valence electrons. The van der Waals surface area contributed by atoms with E-state index in [9.17, 15) is 4.79 Å². The van der Waals surface area contributed by atoms with Gasteiger partial charge in [0.25, 0.3) is 0 Å². The minimum atomic E-state index is -0.833. The number of aryl methyl sites for hydroxylation is 1. The van der Waals surface area contributed by atoms with Gasteiger partial charge in [0, 0.05) is 23.7 Å². The standard InChI is InChI=1S/C13H18N4O2S/c1-4-11-14-6-10(20-11)8-17-7-9(15-16-17)5-13(2,3)12(18)19/h6-7H,4-5,8H2,1-3H3,(H,18,19). The Morgan fingerprint density at radius 1 is 1.50 bits per heavy atom. The van der Waals surface area contributed by atoms with E-state index in [1.807, 2.05) is 6.20 Å². The van der Waals surface area contributed by atoms with Gasteiger partial charge >= 0.3 is 5.97 Å². The van der Waals surface area contributed by atoms with Gasteiger partial charge in [-0.2, -0.15) is 0 Å². The summed E-state index contributed by atoms with van der Waals surface area (Å²) in [5.74, 6) is -0.831. The van der Waals surface area contributed by atoms with E-state index in [0.29, 0.717) is 18.7 Å². The summed E-state index contributed by atoms with van der Waals surface area (Å²) in [6.45, 7) is 6.07. The number of nitrogens with zero attached hydrogens (tertiary/aromatic N) is 4. The molecule has 7 heteroatoms. The molecule has 0 aliphatic carbocycles. The summed E-state index contributed by atoms with van der Waals surface area (Å²) in [5, 5.41) is 18.3. The zero-order valence-corrected chi connectivity index (χ0v) is 12.6. The third kappa shape index (κ3) is 3.41. The van der Waals surface area contributed by atoms with Crippen LogP contribution in [-0.4, -0.2) is 31.1 Å². The molecule has 1 N–H and O–H groups in total. The van der Waals surface area contributed by atoms with Crippen LogP contribution in [-0.2, 0) is 24.2 Å². The molecule has 0 atom stereocenters. The fourth-order valence-electron chi connectivity index (χ4n) is 1.77. The molecule has 0 aliphatic rings. The Morgan fingerprint density at radius 3 is 2.85 bits per heavy atom. The summed E-state index contributed by atoms with van der Waals surface area (Å²) in [7, 11) is 0. The van der Waals surface area contributed by atoms with Crippen molar-refractivity contribution in [2.24, 2.45) is 5.41 Å². The monoisotopic (exact) mass is 294 g/mol. The Labute approximate surface area is 121 Å². The Kier molecular flexibility index (Phi) is 4.17. The average molecular weight is 294 g/mol. The SMILES string of the molecule is CCc1ncc(Cn2cc(CC(C)(C)C(=O)O)nn2)s1. The lowest BCUT2D eigenvalue weighted by Crippen LogP contribution is -2.26. The maximum Gasteiger partial charge on any atom is 0.309 e. The largest absolute Gasteiger partial charge is 0.481 e. The van der Waals surface area contributed by atoms with Gasteiger partial charge in [-0.15, -0.1) is 16.4 Å². The summed E-state index contributed by atoms with van der Waals surface area (Å²) < 4.78 is 1.72. The van der Waals surface area contributed by atoms with E-state index in [-0.39, 0.29) is 0 Å². The van der Waals surface area contributed by atoms with Crippen LogP contribution in [0.25, 0.3) is 0 Å². The number of aromatic nitrogens is 4. The van der Waals surface area contributed by atoms with Crippen molar-refractivity contribution < 1.29 is 9.90 Å². The van der Waals surface area contributed by atoms with Crippen LogP contribution in [0, 0.1) is 5.41 Å². The van der Waals surface area contributed by atoms with E-state index in [1.165, 1.54) is 0 Å². The molecule has 6 nitrogen and oxygen atoms in total. The molecule has 0 fully saturated rings. The van der Waals surface area contributed by atoms with E-state index in [0.717, 1.165) is 16.3 Å². The first kappa shape index (κ1) is 14.6. The highest BCUT2D eigenvalue weighted by Gasteiger charge is 2.28. The van der Waals surface area contributed by atoms with Crippen LogP contribution in [0.4, 0.5) is 0 Å². The Balaban J connectivity index is 2.04. The van der Waals surface area contributed by atoms with Crippen molar-refractivity contribution in [3.05, 3.63) is 28.0 Å². The smallest absolute Gasteiger partial charge is 0.309 e. The topological polar surface area (TPSA) is 80.9 Å². The van der Waals surface area contributed by atoms with Crippen molar-refractivity contribution >= 4 is 17.3 Å². The maximum absolute atomic E-state index is 11.1. The second kappa shape index (κ2) is 5.70. The number of hydrogen-bond donors (Lipinski definition) is 1. The van der Waals surface area contributed by atoms with Gasteiger partial charge in [0.2, 0.25) is 0 Å². The van der Waals surface area contributed by atoms with Crippen LogP contribution in [0.1, 0.15) is 36.3 Å². The molecule has 0 bridgehead atoms. The molecule has 0 radical (unpaired) electrons. The minimum absolute atomic E-state index is 0.366. The summed E-state index contributed by atoms with van der Waals surface area (Å²) in [6.07, 6.45) is 4.95. The van der Waals surface area contributed by atoms with Crippen LogP contribution < -0.4 is 0 Å². The van der Waals surface area contributed by atoms with Crippen LogP contribution in [0.5, 0.6) is 0 Å². The van der Waals surface area contributed by atoms with Gasteiger partial charge in [-0.05, 0) is 20.3 Å². The lowest BCUT2D eigenvalue weighted by molar-refractivity contribution is -0.146. The van der Waals surface area contributed by atoms with Crippen molar-refractivity contribution in [2.75, 3.05) is 0 Å². The molecule has 2 heterocycles. The Hall–Kier alpha value is -1.76. The second-order valence-corrected chi connectivity index (χ2v) is 6.55. The number of carbonyl (C=O) groups is 1.